The number of thiazole rings is 1. The molecule has 0 saturated carbocycles. The number of anilines is 1. The highest BCUT2D eigenvalue weighted by atomic mass is 79.9. The molecular formula is C10H7BrN2OS. The molecule has 0 bridgehead atoms. The van der Waals surface area contributed by atoms with E-state index < -0.39 is 0 Å². The van der Waals surface area contributed by atoms with Crippen LogP contribution < -0.4 is 5.32 Å². The molecule has 76 valence electrons. The van der Waals surface area contributed by atoms with Crippen molar-refractivity contribution in [3.63, 3.8) is 0 Å². The predicted octanol–water partition coefficient (Wildman–Crippen LogP) is 3.16. The molecule has 1 aromatic heterocycles. The normalized spacial score (nSPS) is 9.93. The summed E-state index contributed by atoms with van der Waals surface area (Å²) < 4.78 is 0.709. The molecule has 0 saturated heterocycles. The van der Waals surface area contributed by atoms with E-state index in [0.29, 0.717) is 9.61 Å². The number of halogens is 1. The Labute approximate surface area is 99.3 Å². The maximum absolute atomic E-state index is 11.6. The zero-order valence-electron chi connectivity index (χ0n) is 7.61. The van der Waals surface area contributed by atoms with Gasteiger partial charge in [-0.15, -0.1) is 11.3 Å². The lowest BCUT2D eigenvalue weighted by molar-refractivity contribution is 0.102. The topological polar surface area (TPSA) is 42.0 Å². The molecule has 2 aromatic rings. The van der Waals surface area contributed by atoms with Crippen molar-refractivity contribution in [1.29, 1.82) is 0 Å². The Hall–Kier alpha value is -1.20. The quantitative estimate of drug-likeness (QED) is 0.919. The molecular weight excluding hydrogens is 276 g/mol. The first-order valence-electron chi connectivity index (χ1n) is 4.23. The number of hydrogen-bond acceptors (Lipinski definition) is 3. The van der Waals surface area contributed by atoms with Crippen molar-refractivity contribution >= 4 is 38.9 Å². The number of rotatable bonds is 2. The van der Waals surface area contributed by atoms with Crippen LogP contribution in [0.2, 0.25) is 0 Å². The van der Waals surface area contributed by atoms with Gasteiger partial charge in [-0.3, -0.25) is 4.79 Å². The molecule has 1 N–H and O–H groups in total. The number of benzene rings is 1. The number of nitrogens with one attached hydrogen (secondary N) is 1. The van der Waals surface area contributed by atoms with E-state index in [2.05, 4.69) is 26.2 Å². The van der Waals surface area contributed by atoms with Gasteiger partial charge in [0.15, 0.2) is 3.92 Å². The average Bonchev–Trinajstić information content (AvgIpc) is 2.66. The summed E-state index contributed by atoms with van der Waals surface area (Å²) >= 11 is 4.60. The maximum atomic E-state index is 11.6. The lowest BCUT2D eigenvalue weighted by atomic mass is 10.3. The molecule has 2 rings (SSSR count). The van der Waals surface area contributed by atoms with E-state index in [1.165, 1.54) is 11.3 Å². The second kappa shape index (κ2) is 4.55. The largest absolute Gasteiger partial charge is 0.321 e. The molecule has 0 fully saturated rings. The fraction of sp³-hybridized carbons (Fsp3) is 0. The van der Waals surface area contributed by atoms with E-state index in [1.807, 2.05) is 30.3 Å². The van der Waals surface area contributed by atoms with Crippen molar-refractivity contribution in [1.82, 2.24) is 4.98 Å². The van der Waals surface area contributed by atoms with Crippen molar-refractivity contribution in [2.45, 2.75) is 0 Å². The zero-order valence-corrected chi connectivity index (χ0v) is 10.0. The standard InChI is InChI=1S/C10H7BrN2OS/c11-10-13-8(6-15-10)9(14)12-7-4-2-1-3-5-7/h1-6H,(H,12,14). The summed E-state index contributed by atoms with van der Waals surface area (Å²) in [5, 5.41) is 4.47. The van der Waals surface area contributed by atoms with Crippen LogP contribution in [0.1, 0.15) is 10.5 Å². The Morgan fingerprint density at radius 2 is 2.07 bits per heavy atom. The summed E-state index contributed by atoms with van der Waals surface area (Å²) in [4.78, 5) is 15.7. The predicted molar refractivity (Wildman–Crippen MR) is 64.2 cm³/mol. The number of para-hydroxylation sites is 1. The lowest BCUT2D eigenvalue weighted by Gasteiger charge is -2.01. The second-order valence-electron chi connectivity index (χ2n) is 2.81. The summed E-state index contributed by atoms with van der Waals surface area (Å²) in [5.41, 5.74) is 1.20. The van der Waals surface area contributed by atoms with Gasteiger partial charge in [0.1, 0.15) is 5.69 Å². The number of amides is 1. The van der Waals surface area contributed by atoms with Crippen LogP contribution in [0.3, 0.4) is 0 Å². The first kappa shape index (κ1) is 10.3. The molecule has 0 atom stereocenters. The highest BCUT2D eigenvalue weighted by Gasteiger charge is 2.09. The smallest absolute Gasteiger partial charge is 0.275 e. The van der Waals surface area contributed by atoms with Gasteiger partial charge in [0.2, 0.25) is 0 Å². The third-order valence-electron chi connectivity index (χ3n) is 1.74. The van der Waals surface area contributed by atoms with E-state index in [9.17, 15) is 4.79 Å². The van der Waals surface area contributed by atoms with E-state index in [0.717, 1.165) is 5.69 Å². The Morgan fingerprint density at radius 3 is 2.67 bits per heavy atom. The van der Waals surface area contributed by atoms with Crippen molar-refractivity contribution in [3.05, 3.63) is 45.3 Å². The number of aromatic nitrogens is 1. The zero-order chi connectivity index (χ0) is 10.7. The number of carbonyl (C=O) groups is 1. The Morgan fingerprint density at radius 1 is 1.33 bits per heavy atom. The minimum Gasteiger partial charge on any atom is -0.321 e. The molecule has 0 spiro atoms. The molecule has 0 aliphatic rings. The summed E-state index contributed by atoms with van der Waals surface area (Å²) in [6, 6.07) is 9.30. The van der Waals surface area contributed by atoms with Crippen LogP contribution in [0.15, 0.2) is 39.6 Å². The lowest BCUT2D eigenvalue weighted by Crippen LogP contribution is -2.11. The summed E-state index contributed by atoms with van der Waals surface area (Å²) in [6.45, 7) is 0. The van der Waals surface area contributed by atoms with Gasteiger partial charge in [-0.25, -0.2) is 4.98 Å². The maximum Gasteiger partial charge on any atom is 0.275 e. The fourth-order valence-corrected chi connectivity index (χ4v) is 2.06. The highest BCUT2D eigenvalue weighted by Crippen LogP contribution is 2.17. The van der Waals surface area contributed by atoms with Gasteiger partial charge in [-0.1, -0.05) is 18.2 Å². The van der Waals surface area contributed by atoms with Crippen molar-refractivity contribution in [2.75, 3.05) is 5.32 Å². The van der Waals surface area contributed by atoms with Gasteiger partial charge >= 0.3 is 0 Å². The molecule has 0 unspecified atom stereocenters. The first-order chi connectivity index (χ1) is 7.25. The third-order valence-corrected chi connectivity index (χ3v) is 3.11. The van der Waals surface area contributed by atoms with E-state index >= 15 is 0 Å². The second-order valence-corrected chi connectivity index (χ2v) is 4.94. The van der Waals surface area contributed by atoms with E-state index in [1.54, 1.807) is 5.38 Å². The minimum absolute atomic E-state index is 0.192. The summed E-state index contributed by atoms with van der Waals surface area (Å²) in [6.07, 6.45) is 0. The third kappa shape index (κ3) is 2.64. The Balaban J connectivity index is 2.11. The molecule has 1 amide bonds. The van der Waals surface area contributed by atoms with Gasteiger partial charge in [0.05, 0.1) is 0 Å². The summed E-state index contributed by atoms with van der Waals surface area (Å²) in [5.74, 6) is -0.192. The minimum atomic E-state index is -0.192. The van der Waals surface area contributed by atoms with Gasteiger partial charge in [-0.05, 0) is 28.1 Å². The monoisotopic (exact) mass is 282 g/mol. The van der Waals surface area contributed by atoms with Crippen molar-refractivity contribution in [2.24, 2.45) is 0 Å². The molecule has 0 aliphatic heterocycles. The van der Waals surface area contributed by atoms with Gasteiger partial charge < -0.3 is 5.32 Å². The molecule has 1 heterocycles. The van der Waals surface area contributed by atoms with Crippen LogP contribution in [0.4, 0.5) is 5.69 Å². The van der Waals surface area contributed by atoms with Gasteiger partial charge in [-0.2, -0.15) is 0 Å². The molecule has 0 radical (unpaired) electrons. The van der Waals surface area contributed by atoms with Crippen LogP contribution >= 0.6 is 27.3 Å². The van der Waals surface area contributed by atoms with Crippen LogP contribution in [-0.4, -0.2) is 10.9 Å². The molecule has 1 aromatic carbocycles. The van der Waals surface area contributed by atoms with E-state index in [-0.39, 0.29) is 5.91 Å². The number of carbonyl (C=O) groups excluding carboxylic acids is 1. The summed E-state index contributed by atoms with van der Waals surface area (Å²) in [7, 11) is 0. The highest BCUT2D eigenvalue weighted by molar-refractivity contribution is 9.11. The van der Waals surface area contributed by atoms with Crippen molar-refractivity contribution < 1.29 is 4.79 Å². The van der Waals surface area contributed by atoms with Crippen LogP contribution in [-0.2, 0) is 0 Å². The fourth-order valence-electron chi connectivity index (χ4n) is 1.07. The first-order valence-corrected chi connectivity index (χ1v) is 5.90. The molecule has 3 nitrogen and oxygen atoms in total. The van der Waals surface area contributed by atoms with Gasteiger partial charge in [0.25, 0.3) is 5.91 Å². The SMILES string of the molecule is O=C(Nc1ccccc1)c1csc(Br)n1. The molecule has 5 heteroatoms. The average molecular weight is 283 g/mol. The van der Waals surface area contributed by atoms with Crippen LogP contribution in [0, 0.1) is 0 Å². The van der Waals surface area contributed by atoms with Crippen LogP contribution in [0.25, 0.3) is 0 Å². The molecule has 0 aliphatic carbocycles. The molecule has 15 heavy (non-hydrogen) atoms. The number of hydrogen-bond donors (Lipinski definition) is 1. The Bertz CT molecular complexity index is 469. The number of nitrogens with zero attached hydrogens (tertiary/aromatic N) is 1. The van der Waals surface area contributed by atoms with Gasteiger partial charge in [0, 0.05) is 11.1 Å². The van der Waals surface area contributed by atoms with E-state index in [4.69, 9.17) is 0 Å². The van der Waals surface area contributed by atoms with Crippen molar-refractivity contribution in [3.8, 4) is 0 Å². The van der Waals surface area contributed by atoms with Crippen LogP contribution in [0.5, 0.6) is 0 Å². The Kier molecular flexibility index (Phi) is 3.13.